The highest BCUT2D eigenvalue weighted by atomic mass is 32.2. The molecule has 0 heterocycles. The van der Waals surface area contributed by atoms with Crippen LogP contribution < -0.4 is 0 Å². The average Bonchev–Trinajstić information content (AvgIpc) is 2.70. The molecule has 0 atom stereocenters. The summed E-state index contributed by atoms with van der Waals surface area (Å²) in [5.41, 5.74) is 0. The van der Waals surface area contributed by atoms with Gasteiger partial charge in [0.1, 0.15) is 0 Å². The van der Waals surface area contributed by atoms with Crippen molar-refractivity contribution in [1.82, 2.24) is 0 Å². The fourth-order valence-electron chi connectivity index (χ4n) is 2.45. The Bertz CT molecular complexity index is 265. The lowest BCUT2D eigenvalue weighted by atomic mass is 10.1. The van der Waals surface area contributed by atoms with Crippen LogP contribution in [0.1, 0.15) is 90.9 Å². The van der Waals surface area contributed by atoms with E-state index in [-0.39, 0.29) is 0 Å². The Balaban J connectivity index is 3.12. The van der Waals surface area contributed by atoms with Crippen molar-refractivity contribution in [2.24, 2.45) is 0 Å². The Hall–Kier alpha value is 0.930. The van der Waals surface area contributed by atoms with Gasteiger partial charge in [0, 0.05) is 11.5 Å². The Morgan fingerprint density at radius 2 is 0.964 bits per heavy atom. The molecule has 170 valence electrons. The second-order valence-electron chi connectivity index (χ2n) is 6.73. The Labute approximate surface area is 183 Å². The lowest BCUT2D eigenvalue weighted by Gasteiger charge is -2.10. The van der Waals surface area contributed by atoms with Gasteiger partial charge in [0.15, 0.2) is 0 Å². The van der Waals surface area contributed by atoms with E-state index in [0.29, 0.717) is 24.7 Å². The van der Waals surface area contributed by atoms with E-state index < -0.39 is 8.60 Å². The van der Waals surface area contributed by atoms with E-state index in [4.69, 9.17) is 17.4 Å². The summed E-state index contributed by atoms with van der Waals surface area (Å²) in [6, 6.07) is 0. The van der Waals surface area contributed by atoms with E-state index in [0.717, 1.165) is 26.1 Å². The van der Waals surface area contributed by atoms with E-state index in [9.17, 15) is 4.89 Å². The van der Waals surface area contributed by atoms with Crippen LogP contribution in [0.5, 0.6) is 0 Å². The van der Waals surface area contributed by atoms with Gasteiger partial charge < -0.3 is 22.3 Å². The zero-order chi connectivity index (χ0) is 20.5. The molecule has 0 bridgehead atoms. The number of rotatable bonds is 24. The quantitative estimate of drug-likeness (QED) is 0.0925. The zero-order valence-corrected chi connectivity index (χ0v) is 20.6. The molecule has 0 aliphatic carbocycles. The molecule has 0 aliphatic heterocycles. The summed E-state index contributed by atoms with van der Waals surface area (Å²) >= 11 is 2.81. The molecule has 0 unspecified atom stereocenters. The summed E-state index contributed by atoms with van der Waals surface area (Å²) in [5, 5.41) is 0. The van der Waals surface area contributed by atoms with Crippen molar-refractivity contribution in [3.8, 4) is 0 Å². The first-order valence-corrected chi connectivity index (χ1v) is 14.0. The summed E-state index contributed by atoms with van der Waals surface area (Å²) in [6.07, 6.45) is 15.2. The predicted molar refractivity (Wildman–Crippen MR) is 125 cm³/mol. The van der Waals surface area contributed by atoms with Crippen LogP contribution in [0.2, 0.25) is 0 Å². The van der Waals surface area contributed by atoms with Gasteiger partial charge in [-0.05, 0) is 36.9 Å². The maximum atomic E-state index is 9.66. The Morgan fingerprint density at radius 3 is 1.39 bits per heavy atom. The standard InChI is InChI=1S/C20H43O5PS2/c1-3-5-7-9-11-13-15-24-27-19-17-22-26(21)23-18-20-28-25-16-14-12-10-8-6-4-2/h21H,3-20H2,1-2H3. The van der Waals surface area contributed by atoms with Crippen molar-refractivity contribution < 1.29 is 22.3 Å². The van der Waals surface area contributed by atoms with Gasteiger partial charge in [-0.2, -0.15) is 0 Å². The van der Waals surface area contributed by atoms with Crippen molar-refractivity contribution in [2.75, 3.05) is 37.9 Å². The first-order valence-electron chi connectivity index (χ1n) is 11.0. The first kappa shape index (κ1) is 28.9. The molecule has 0 spiro atoms. The van der Waals surface area contributed by atoms with Crippen molar-refractivity contribution >= 4 is 32.7 Å². The van der Waals surface area contributed by atoms with Crippen LogP contribution >= 0.6 is 32.7 Å². The van der Waals surface area contributed by atoms with Crippen molar-refractivity contribution in [3.63, 3.8) is 0 Å². The summed E-state index contributed by atoms with van der Waals surface area (Å²) in [4.78, 5) is 9.66. The van der Waals surface area contributed by atoms with E-state index in [1.54, 1.807) is 0 Å². The van der Waals surface area contributed by atoms with E-state index in [2.05, 4.69) is 13.8 Å². The highest BCUT2D eigenvalue weighted by molar-refractivity contribution is 7.94. The molecule has 1 N–H and O–H groups in total. The molecule has 0 fully saturated rings. The number of hydrogen-bond donors (Lipinski definition) is 1. The van der Waals surface area contributed by atoms with Gasteiger partial charge in [0.2, 0.25) is 0 Å². The lowest BCUT2D eigenvalue weighted by Crippen LogP contribution is -2.00. The molecule has 0 saturated carbocycles. The zero-order valence-electron chi connectivity index (χ0n) is 18.1. The summed E-state index contributed by atoms with van der Waals surface area (Å²) < 4.78 is 21.5. The van der Waals surface area contributed by atoms with E-state index >= 15 is 0 Å². The molecule has 0 aliphatic rings. The van der Waals surface area contributed by atoms with Crippen molar-refractivity contribution in [2.45, 2.75) is 90.9 Å². The summed E-state index contributed by atoms with van der Waals surface area (Å²) in [6.45, 7) is 6.91. The number of unbranched alkanes of at least 4 members (excludes halogenated alkanes) is 10. The highest BCUT2D eigenvalue weighted by Crippen LogP contribution is 2.32. The van der Waals surface area contributed by atoms with Gasteiger partial charge >= 0.3 is 8.60 Å². The molecule has 0 aromatic carbocycles. The number of hydrogen-bond acceptors (Lipinski definition) is 7. The smallest absolute Gasteiger partial charge is 0.328 e. The van der Waals surface area contributed by atoms with Gasteiger partial charge in [-0.3, -0.25) is 0 Å². The molecule has 0 aromatic rings. The first-order chi connectivity index (χ1) is 13.8. The molecular weight excluding hydrogens is 415 g/mol. The van der Waals surface area contributed by atoms with Crippen LogP contribution in [0, 0.1) is 0 Å². The maximum Gasteiger partial charge on any atom is 0.329 e. The van der Waals surface area contributed by atoms with E-state index in [1.807, 2.05) is 0 Å². The molecule has 0 amide bonds. The van der Waals surface area contributed by atoms with Crippen LogP contribution in [-0.4, -0.2) is 42.8 Å². The monoisotopic (exact) mass is 458 g/mol. The SMILES string of the molecule is CCCCCCCCOSCCOP(O)OCCSOCCCCCCCC. The van der Waals surface area contributed by atoms with Crippen LogP contribution in [0.15, 0.2) is 0 Å². The third kappa shape index (κ3) is 25.0. The largest absolute Gasteiger partial charge is 0.329 e. The second kappa shape index (κ2) is 26.0. The van der Waals surface area contributed by atoms with Gasteiger partial charge in [-0.25, -0.2) is 0 Å². The third-order valence-corrected chi connectivity index (χ3v) is 6.21. The molecule has 8 heteroatoms. The van der Waals surface area contributed by atoms with Gasteiger partial charge in [-0.1, -0.05) is 78.1 Å². The normalized spacial score (nSPS) is 11.6. The van der Waals surface area contributed by atoms with Crippen molar-refractivity contribution in [3.05, 3.63) is 0 Å². The van der Waals surface area contributed by atoms with Gasteiger partial charge in [0.25, 0.3) is 0 Å². The Morgan fingerprint density at radius 1 is 0.571 bits per heavy atom. The predicted octanol–water partition coefficient (Wildman–Crippen LogP) is 7.29. The molecule has 5 nitrogen and oxygen atoms in total. The lowest BCUT2D eigenvalue weighted by molar-refractivity contribution is 0.217. The minimum absolute atomic E-state index is 0.436. The fourth-order valence-corrected chi connectivity index (χ4v) is 4.28. The van der Waals surface area contributed by atoms with Crippen LogP contribution in [0.25, 0.3) is 0 Å². The van der Waals surface area contributed by atoms with Crippen LogP contribution in [0.3, 0.4) is 0 Å². The molecule has 0 rings (SSSR count). The topological polar surface area (TPSA) is 57.2 Å². The summed E-state index contributed by atoms with van der Waals surface area (Å²) in [7, 11) is -1.79. The van der Waals surface area contributed by atoms with Crippen molar-refractivity contribution in [1.29, 1.82) is 0 Å². The molecule has 0 aromatic heterocycles. The van der Waals surface area contributed by atoms with Crippen LogP contribution in [-0.2, 0) is 17.4 Å². The van der Waals surface area contributed by atoms with Gasteiger partial charge in [-0.15, -0.1) is 0 Å². The fraction of sp³-hybridized carbons (Fsp3) is 1.00. The van der Waals surface area contributed by atoms with Crippen LogP contribution in [0.4, 0.5) is 0 Å². The van der Waals surface area contributed by atoms with Gasteiger partial charge in [0.05, 0.1) is 26.4 Å². The third-order valence-electron chi connectivity index (χ3n) is 4.07. The minimum atomic E-state index is -1.79. The second-order valence-corrected chi connectivity index (χ2v) is 9.48. The molecule has 28 heavy (non-hydrogen) atoms. The van der Waals surface area contributed by atoms with E-state index in [1.165, 1.54) is 88.3 Å². The molecule has 0 radical (unpaired) electrons. The highest BCUT2D eigenvalue weighted by Gasteiger charge is 2.06. The minimum Gasteiger partial charge on any atom is -0.328 e. The summed E-state index contributed by atoms with van der Waals surface area (Å²) in [5.74, 6) is 1.41. The molecular formula is C20H43O5PS2. The average molecular weight is 459 g/mol. The molecule has 0 saturated heterocycles. The maximum absolute atomic E-state index is 9.66. The Kier molecular flexibility index (Phi) is 26.8.